The molecular weight excluding hydrogens is 296 g/mol. The first-order valence-electron chi connectivity index (χ1n) is 7.26. The molecule has 4 rings (SSSR count). The van der Waals surface area contributed by atoms with Crippen LogP contribution in [0.5, 0.6) is 0 Å². The fourth-order valence-electron chi connectivity index (χ4n) is 3.03. The van der Waals surface area contributed by atoms with E-state index in [9.17, 15) is 5.11 Å². The van der Waals surface area contributed by atoms with Crippen LogP contribution in [0.2, 0.25) is 0 Å². The Morgan fingerprint density at radius 2 is 1.68 bits per heavy atom. The zero-order chi connectivity index (χ0) is 15.8. The Labute approximate surface area is 129 Å². The lowest BCUT2D eigenvalue weighted by molar-refractivity contribution is -0.264. The first-order valence-corrected chi connectivity index (χ1v) is 7.26. The number of nitrogens with zero attached hydrogens (tertiary/aromatic N) is 2. The Morgan fingerprint density at radius 1 is 1.05 bits per heavy atom. The highest BCUT2D eigenvalue weighted by Gasteiger charge is 2.57. The van der Waals surface area contributed by atoms with Gasteiger partial charge in [0, 0.05) is 14.0 Å². The van der Waals surface area contributed by atoms with Crippen molar-refractivity contribution in [2.45, 2.75) is 24.1 Å². The van der Waals surface area contributed by atoms with Crippen molar-refractivity contribution >= 4 is 0 Å². The SMILES string of the molecule is COC1(C)OCC2(O)COCN21.OCC12COCN1COC2. The molecule has 128 valence electrons. The highest BCUT2D eigenvalue weighted by Crippen LogP contribution is 2.37. The van der Waals surface area contributed by atoms with Gasteiger partial charge < -0.3 is 33.9 Å². The number of methoxy groups -OCH3 is 1. The number of aliphatic hydroxyl groups excluding tert-OH is 1. The van der Waals surface area contributed by atoms with E-state index in [1.54, 1.807) is 18.9 Å². The third-order valence-electron chi connectivity index (χ3n) is 4.70. The molecule has 0 radical (unpaired) electrons. The van der Waals surface area contributed by atoms with Gasteiger partial charge in [-0.05, 0) is 0 Å². The van der Waals surface area contributed by atoms with Gasteiger partial charge in [0.25, 0.3) is 0 Å². The molecule has 0 bridgehead atoms. The van der Waals surface area contributed by atoms with Crippen LogP contribution in [-0.4, -0.2) is 97.5 Å². The summed E-state index contributed by atoms with van der Waals surface area (Å²) in [4.78, 5) is 3.69. The predicted octanol–water partition coefficient (Wildman–Crippen LogP) is -1.69. The molecule has 22 heavy (non-hydrogen) atoms. The molecule has 0 aromatic heterocycles. The number of ether oxygens (including phenoxy) is 5. The molecule has 4 saturated heterocycles. The van der Waals surface area contributed by atoms with Gasteiger partial charge in [-0.25, -0.2) is 4.90 Å². The normalized spacial score (nSPS) is 40.4. The summed E-state index contributed by atoms with van der Waals surface area (Å²) in [5.74, 6) is -0.842. The van der Waals surface area contributed by atoms with Gasteiger partial charge in [0.05, 0.1) is 38.6 Å². The maximum Gasteiger partial charge on any atom is 0.231 e. The van der Waals surface area contributed by atoms with Crippen LogP contribution in [0.3, 0.4) is 0 Å². The van der Waals surface area contributed by atoms with Crippen molar-refractivity contribution in [1.29, 1.82) is 0 Å². The van der Waals surface area contributed by atoms with Crippen molar-refractivity contribution in [1.82, 2.24) is 9.80 Å². The van der Waals surface area contributed by atoms with E-state index >= 15 is 0 Å². The van der Waals surface area contributed by atoms with Crippen molar-refractivity contribution in [3.63, 3.8) is 0 Å². The molecule has 0 saturated carbocycles. The first kappa shape index (κ1) is 16.5. The van der Waals surface area contributed by atoms with E-state index in [4.69, 9.17) is 28.8 Å². The molecule has 0 aromatic carbocycles. The molecule has 4 fully saturated rings. The number of aliphatic hydroxyl groups is 2. The van der Waals surface area contributed by atoms with Gasteiger partial charge in [0.1, 0.15) is 20.2 Å². The van der Waals surface area contributed by atoms with Crippen LogP contribution >= 0.6 is 0 Å². The monoisotopic (exact) mass is 320 g/mol. The van der Waals surface area contributed by atoms with E-state index < -0.39 is 11.6 Å². The molecule has 0 spiro atoms. The average molecular weight is 320 g/mol. The first-order chi connectivity index (χ1) is 10.5. The minimum Gasteiger partial charge on any atom is -0.394 e. The Bertz CT molecular complexity index is 402. The molecular formula is C13H24N2O7. The molecule has 0 aliphatic carbocycles. The molecule has 2 atom stereocenters. The third-order valence-corrected chi connectivity index (χ3v) is 4.70. The standard InChI is InChI=1S/C7H13NO4.C6H11NO3/c1-6(10-2)8-5-11-3-7(8,9)4-12-6;8-1-6-2-9-4-7(6)5-10-3-6/h9H,3-5H2,1-2H3;8H,1-5H2. The number of hydrogen-bond acceptors (Lipinski definition) is 9. The summed E-state index contributed by atoms with van der Waals surface area (Å²) in [5, 5.41) is 18.9. The van der Waals surface area contributed by atoms with Gasteiger partial charge in [-0.1, -0.05) is 0 Å². The Kier molecular flexibility index (Phi) is 4.45. The van der Waals surface area contributed by atoms with Crippen LogP contribution in [0.4, 0.5) is 0 Å². The zero-order valence-corrected chi connectivity index (χ0v) is 13.0. The summed E-state index contributed by atoms with van der Waals surface area (Å²) in [6.07, 6.45) is 0. The quantitative estimate of drug-likeness (QED) is 0.618. The van der Waals surface area contributed by atoms with Crippen LogP contribution < -0.4 is 0 Å². The van der Waals surface area contributed by atoms with Crippen LogP contribution in [0, 0.1) is 0 Å². The fourth-order valence-corrected chi connectivity index (χ4v) is 3.03. The van der Waals surface area contributed by atoms with E-state index in [-0.39, 0.29) is 25.4 Å². The van der Waals surface area contributed by atoms with Gasteiger partial charge in [0.15, 0.2) is 5.72 Å². The lowest BCUT2D eigenvalue weighted by atomic mass is 10.0. The van der Waals surface area contributed by atoms with Gasteiger partial charge in [0.2, 0.25) is 5.91 Å². The van der Waals surface area contributed by atoms with E-state index in [1.807, 2.05) is 4.90 Å². The van der Waals surface area contributed by atoms with Gasteiger partial charge in [-0.3, -0.25) is 0 Å². The summed E-state index contributed by atoms with van der Waals surface area (Å²) >= 11 is 0. The lowest BCUT2D eigenvalue weighted by Crippen LogP contribution is -2.51. The molecule has 2 unspecified atom stereocenters. The van der Waals surface area contributed by atoms with Crippen LogP contribution in [0.1, 0.15) is 6.92 Å². The summed E-state index contributed by atoms with van der Waals surface area (Å²) in [7, 11) is 1.55. The van der Waals surface area contributed by atoms with Crippen molar-refractivity contribution < 1.29 is 33.9 Å². The van der Waals surface area contributed by atoms with E-state index in [0.29, 0.717) is 33.4 Å². The number of fused-ring (bicyclic) bond motifs is 2. The summed E-state index contributed by atoms with van der Waals surface area (Å²) in [5.41, 5.74) is -1.20. The Morgan fingerprint density at radius 3 is 2.23 bits per heavy atom. The minimum atomic E-state index is -0.995. The second-order valence-corrected chi connectivity index (χ2v) is 6.16. The summed E-state index contributed by atoms with van der Waals surface area (Å²) in [6, 6.07) is 0. The highest BCUT2D eigenvalue weighted by molar-refractivity contribution is 4.95. The second-order valence-electron chi connectivity index (χ2n) is 6.16. The molecule has 0 amide bonds. The fraction of sp³-hybridized carbons (Fsp3) is 1.00. The topological polar surface area (TPSA) is 93.1 Å². The predicted molar refractivity (Wildman–Crippen MR) is 72.3 cm³/mol. The van der Waals surface area contributed by atoms with Gasteiger partial charge in [-0.15, -0.1) is 0 Å². The summed E-state index contributed by atoms with van der Waals surface area (Å²) in [6.45, 7) is 5.16. The van der Waals surface area contributed by atoms with Crippen LogP contribution in [0.15, 0.2) is 0 Å². The van der Waals surface area contributed by atoms with E-state index in [2.05, 4.69) is 0 Å². The lowest BCUT2D eigenvalue weighted by Gasteiger charge is -2.31. The maximum absolute atomic E-state index is 9.89. The van der Waals surface area contributed by atoms with Crippen molar-refractivity contribution in [3.05, 3.63) is 0 Å². The molecule has 4 heterocycles. The maximum atomic E-state index is 9.89. The van der Waals surface area contributed by atoms with E-state index in [1.165, 1.54) is 0 Å². The largest absolute Gasteiger partial charge is 0.394 e. The zero-order valence-electron chi connectivity index (χ0n) is 13.0. The van der Waals surface area contributed by atoms with Gasteiger partial charge >= 0.3 is 0 Å². The number of rotatable bonds is 2. The van der Waals surface area contributed by atoms with E-state index in [0.717, 1.165) is 0 Å². The molecule has 0 aromatic rings. The second kappa shape index (κ2) is 5.93. The average Bonchev–Trinajstić information content (AvgIpc) is 3.22. The molecule has 9 heteroatoms. The third kappa shape index (κ3) is 2.56. The molecule has 4 aliphatic heterocycles. The van der Waals surface area contributed by atoms with Crippen molar-refractivity contribution in [2.75, 3.05) is 60.3 Å². The highest BCUT2D eigenvalue weighted by atomic mass is 16.7. The van der Waals surface area contributed by atoms with Crippen molar-refractivity contribution in [3.8, 4) is 0 Å². The van der Waals surface area contributed by atoms with Crippen molar-refractivity contribution in [2.24, 2.45) is 0 Å². The van der Waals surface area contributed by atoms with Crippen LogP contribution in [0.25, 0.3) is 0 Å². The Balaban J connectivity index is 0.000000133. The number of hydrogen-bond donors (Lipinski definition) is 2. The molecule has 4 aliphatic rings. The molecule has 9 nitrogen and oxygen atoms in total. The van der Waals surface area contributed by atoms with Gasteiger partial charge in [-0.2, -0.15) is 4.90 Å². The molecule has 2 N–H and O–H groups in total. The minimum absolute atomic E-state index is 0.132. The Hall–Kier alpha value is -0.360. The van der Waals surface area contributed by atoms with Crippen LogP contribution in [-0.2, 0) is 23.7 Å². The smallest absolute Gasteiger partial charge is 0.231 e. The summed E-state index contributed by atoms with van der Waals surface area (Å²) < 4.78 is 26.0.